The summed E-state index contributed by atoms with van der Waals surface area (Å²) in [6, 6.07) is -0.391. The molecule has 0 spiro atoms. The number of carbonyl (C=O) groups is 2. The Kier molecular flexibility index (Phi) is 3.70. The van der Waals surface area contributed by atoms with Gasteiger partial charge >= 0.3 is 6.03 Å². The molecule has 6 nitrogen and oxygen atoms in total. The molecule has 14 heavy (non-hydrogen) atoms. The van der Waals surface area contributed by atoms with Gasteiger partial charge in [0.05, 0.1) is 6.54 Å². The smallest absolute Gasteiger partial charge is 0.314 e. The van der Waals surface area contributed by atoms with Crippen LogP contribution in [0.25, 0.3) is 0 Å². The standard InChI is InChI=1S/C8H16N4O2/c9-3-7(13)11-4-6-1-2-12(5-6)8(10)14/h6H,1-5,9H2,(H2,10,14)(H,11,13). The lowest BCUT2D eigenvalue weighted by Crippen LogP contribution is -2.37. The summed E-state index contributed by atoms with van der Waals surface area (Å²) in [6.07, 6.45) is 0.883. The number of urea groups is 1. The maximum Gasteiger partial charge on any atom is 0.314 e. The molecule has 1 rings (SSSR count). The van der Waals surface area contributed by atoms with Crippen molar-refractivity contribution in [2.75, 3.05) is 26.2 Å². The number of likely N-dealkylation sites (tertiary alicyclic amines) is 1. The molecule has 0 aromatic carbocycles. The first-order valence-electron chi connectivity index (χ1n) is 4.64. The van der Waals surface area contributed by atoms with Gasteiger partial charge in [-0.2, -0.15) is 0 Å². The number of primary amides is 1. The van der Waals surface area contributed by atoms with Crippen molar-refractivity contribution < 1.29 is 9.59 Å². The average Bonchev–Trinajstić information content (AvgIpc) is 2.62. The summed E-state index contributed by atoms with van der Waals surface area (Å²) in [4.78, 5) is 23.2. The quantitative estimate of drug-likeness (QED) is 0.514. The number of rotatable bonds is 3. The molecule has 1 unspecified atom stereocenters. The number of nitrogens with zero attached hydrogens (tertiary/aromatic N) is 1. The Morgan fingerprint density at radius 3 is 2.71 bits per heavy atom. The Morgan fingerprint density at radius 2 is 2.21 bits per heavy atom. The third-order valence-electron chi connectivity index (χ3n) is 2.37. The van der Waals surface area contributed by atoms with Gasteiger partial charge in [-0.3, -0.25) is 4.79 Å². The first kappa shape index (κ1) is 10.8. The fourth-order valence-corrected chi connectivity index (χ4v) is 1.53. The number of amides is 3. The summed E-state index contributed by atoms with van der Waals surface area (Å²) in [7, 11) is 0. The summed E-state index contributed by atoms with van der Waals surface area (Å²) in [5, 5.41) is 2.69. The zero-order chi connectivity index (χ0) is 10.6. The lowest BCUT2D eigenvalue weighted by atomic mass is 10.1. The van der Waals surface area contributed by atoms with Gasteiger partial charge in [-0.1, -0.05) is 0 Å². The molecule has 0 radical (unpaired) electrons. The van der Waals surface area contributed by atoms with Crippen molar-refractivity contribution in [3.8, 4) is 0 Å². The van der Waals surface area contributed by atoms with Gasteiger partial charge in [-0.25, -0.2) is 4.79 Å². The molecule has 80 valence electrons. The van der Waals surface area contributed by atoms with Gasteiger partial charge in [-0.05, 0) is 12.3 Å². The van der Waals surface area contributed by atoms with Crippen LogP contribution in [0.4, 0.5) is 4.79 Å². The van der Waals surface area contributed by atoms with Crippen molar-refractivity contribution in [2.45, 2.75) is 6.42 Å². The summed E-state index contributed by atoms with van der Waals surface area (Å²) in [5.74, 6) is 0.139. The largest absolute Gasteiger partial charge is 0.355 e. The van der Waals surface area contributed by atoms with E-state index >= 15 is 0 Å². The van der Waals surface area contributed by atoms with E-state index in [1.165, 1.54) is 0 Å². The van der Waals surface area contributed by atoms with E-state index < -0.39 is 6.03 Å². The van der Waals surface area contributed by atoms with Gasteiger partial charge in [0.1, 0.15) is 0 Å². The van der Waals surface area contributed by atoms with Crippen molar-refractivity contribution in [3.05, 3.63) is 0 Å². The number of carbonyl (C=O) groups excluding carboxylic acids is 2. The number of hydrogen-bond acceptors (Lipinski definition) is 3. The highest BCUT2D eigenvalue weighted by Crippen LogP contribution is 2.14. The molecule has 0 saturated carbocycles. The fourth-order valence-electron chi connectivity index (χ4n) is 1.53. The van der Waals surface area contributed by atoms with E-state index in [0.29, 0.717) is 25.6 Å². The Balaban J connectivity index is 2.22. The molecule has 6 heteroatoms. The van der Waals surface area contributed by atoms with Crippen LogP contribution < -0.4 is 16.8 Å². The first-order valence-corrected chi connectivity index (χ1v) is 4.64. The van der Waals surface area contributed by atoms with Crippen molar-refractivity contribution in [3.63, 3.8) is 0 Å². The van der Waals surface area contributed by atoms with E-state index in [-0.39, 0.29) is 12.5 Å². The summed E-state index contributed by atoms with van der Waals surface area (Å²) >= 11 is 0. The minimum Gasteiger partial charge on any atom is -0.355 e. The van der Waals surface area contributed by atoms with Crippen LogP contribution in [-0.4, -0.2) is 43.0 Å². The Morgan fingerprint density at radius 1 is 1.50 bits per heavy atom. The highest BCUT2D eigenvalue weighted by atomic mass is 16.2. The van der Waals surface area contributed by atoms with E-state index in [1.54, 1.807) is 4.90 Å². The van der Waals surface area contributed by atoms with Crippen LogP contribution in [0, 0.1) is 5.92 Å². The molecule has 3 amide bonds. The van der Waals surface area contributed by atoms with Crippen LogP contribution in [0.5, 0.6) is 0 Å². The van der Waals surface area contributed by atoms with Gasteiger partial charge < -0.3 is 21.7 Å². The SMILES string of the molecule is NCC(=O)NCC1CCN(C(N)=O)C1. The number of nitrogens with one attached hydrogen (secondary N) is 1. The van der Waals surface area contributed by atoms with E-state index in [1.807, 2.05) is 0 Å². The van der Waals surface area contributed by atoms with Crippen molar-refractivity contribution in [1.82, 2.24) is 10.2 Å². The normalized spacial score (nSPS) is 20.9. The van der Waals surface area contributed by atoms with Crippen molar-refractivity contribution in [2.24, 2.45) is 17.4 Å². The molecule has 5 N–H and O–H groups in total. The topological polar surface area (TPSA) is 101 Å². The minimum absolute atomic E-state index is 0.00620. The fraction of sp³-hybridized carbons (Fsp3) is 0.750. The highest BCUT2D eigenvalue weighted by molar-refractivity contribution is 5.77. The Labute approximate surface area is 82.6 Å². The molecule has 1 aliphatic rings. The van der Waals surface area contributed by atoms with Crippen LogP contribution in [0.3, 0.4) is 0 Å². The highest BCUT2D eigenvalue weighted by Gasteiger charge is 2.24. The number of nitrogens with two attached hydrogens (primary N) is 2. The third kappa shape index (κ3) is 2.88. The van der Waals surface area contributed by atoms with Gasteiger partial charge in [0.2, 0.25) is 5.91 Å². The molecule has 1 aliphatic heterocycles. The minimum atomic E-state index is -0.391. The maximum atomic E-state index is 10.8. The average molecular weight is 200 g/mol. The van der Waals surface area contributed by atoms with Crippen molar-refractivity contribution in [1.29, 1.82) is 0 Å². The molecule has 1 heterocycles. The second-order valence-corrected chi connectivity index (χ2v) is 3.45. The molecular formula is C8H16N4O2. The molecule has 0 aromatic rings. The van der Waals surface area contributed by atoms with Gasteiger partial charge in [0.15, 0.2) is 0 Å². The molecule has 0 aromatic heterocycles. The lowest BCUT2D eigenvalue weighted by Gasteiger charge is -2.13. The van der Waals surface area contributed by atoms with E-state index in [0.717, 1.165) is 6.42 Å². The summed E-state index contributed by atoms with van der Waals surface area (Å²) in [6.45, 7) is 1.88. The van der Waals surface area contributed by atoms with Crippen LogP contribution in [-0.2, 0) is 4.79 Å². The van der Waals surface area contributed by atoms with E-state index in [2.05, 4.69) is 5.32 Å². The van der Waals surface area contributed by atoms with E-state index in [4.69, 9.17) is 11.5 Å². The molecule has 1 atom stereocenters. The molecule has 0 aliphatic carbocycles. The first-order chi connectivity index (χ1) is 6.63. The molecule has 1 saturated heterocycles. The predicted molar refractivity (Wildman–Crippen MR) is 51.3 cm³/mol. The molecular weight excluding hydrogens is 184 g/mol. The van der Waals surface area contributed by atoms with Crippen LogP contribution in [0.15, 0.2) is 0 Å². The summed E-state index contributed by atoms with van der Waals surface area (Å²) in [5.41, 5.74) is 10.3. The lowest BCUT2D eigenvalue weighted by molar-refractivity contribution is -0.119. The number of hydrogen-bond donors (Lipinski definition) is 3. The van der Waals surface area contributed by atoms with Gasteiger partial charge in [0, 0.05) is 19.6 Å². The second-order valence-electron chi connectivity index (χ2n) is 3.45. The van der Waals surface area contributed by atoms with Gasteiger partial charge in [0.25, 0.3) is 0 Å². The maximum absolute atomic E-state index is 10.8. The van der Waals surface area contributed by atoms with Crippen LogP contribution in [0.1, 0.15) is 6.42 Å². The second kappa shape index (κ2) is 4.80. The van der Waals surface area contributed by atoms with Crippen molar-refractivity contribution >= 4 is 11.9 Å². The third-order valence-corrected chi connectivity index (χ3v) is 2.37. The zero-order valence-electron chi connectivity index (χ0n) is 8.03. The van der Waals surface area contributed by atoms with Crippen LogP contribution >= 0.6 is 0 Å². The predicted octanol–water partition coefficient (Wildman–Crippen LogP) is -1.54. The van der Waals surface area contributed by atoms with Gasteiger partial charge in [-0.15, -0.1) is 0 Å². The van der Waals surface area contributed by atoms with Crippen LogP contribution in [0.2, 0.25) is 0 Å². The zero-order valence-corrected chi connectivity index (χ0v) is 8.03. The molecule has 0 bridgehead atoms. The Bertz CT molecular complexity index is 231. The molecule has 1 fully saturated rings. The Hall–Kier alpha value is -1.30. The monoisotopic (exact) mass is 200 g/mol. The summed E-state index contributed by atoms with van der Waals surface area (Å²) < 4.78 is 0. The van der Waals surface area contributed by atoms with E-state index in [9.17, 15) is 9.59 Å².